The van der Waals surface area contributed by atoms with E-state index in [0.29, 0.717) is 0 Å². The third-order valence-electron chi connectivity index (χ3n) is 1.69. The third kappa shape index (κ3) is 5.44. The van der Waals surface area contributed by atoms with Gasteiger partial charge in [-0.05, 0) is 0 Å². The minimum atomic E-state index is -0.993. The van der Waals surface area contributed by atoms with Crippen molar-refractivity contribution in [2.24, 2.45) is 0 Å². The van der Waals surface area contributed by atoms with Crippen LogP contribution in [0, 0.1) is 0 Å². The van der Waals surface area contributed by atoms with Gasteiger partial charge in [0.05, 0.1) is 0 Å². The molecule has 0 aliphatic carbocycles. The molecule has 1 nitrogen and oxygen atoms in total. The molecule has 0 amide bonds. The molecule has 0 fully saturated rings. The van der Waals surface area contributed by atoms with Gasteiger partial charge in [-0.2, -0.15) is 0 Å². The molecular weight excluding hydrogens is 399 g/mol. The van der Waals surface area contributed by atoms with Crippen LogP contribution in [0.2, 0.25) is 0 Å². The summed E-state index contributed by atoms with van der Waals surface area (Å²) in [6.45, 7) is 0.937. The number of rotatable bonds is 4. The summed E-state index contributed by atoms with van der Waals surface area (Å²) >= 11 is 4.31. The van der Waals surface area contributed by atoms with Crippen LogP contribution in [0.5, 0.6) is 0 Å². The Hall–Kier alpha value is 0.555. The van der Waals surface area contributed by atoms with Crippen molar-refractivity contribution in [2.45, 2.75) is 0 Å². The van der Waals surface area contributed by atoms with E-state index in [1.807, 2.05) is 8.24 Å². The van der Waals surface area contributed by atoms with Gasteiger partial charge in [-0.15, -0.1) is 0 Å². The van der Waals surface area contributed by atoms with Gasteiger partial charge >= 0.3 is 107 Å². The van der Waals surface area contributed by atoms with Crippen LogP contribution in [0.15, 0.2) is 30.3 Å². The molecule has 0 aromatic heterocycles. The summed E-state index contributed by atoms with van der Waals surface area (Å²) in [5.74, 6) is 0. The number of benzene rings is 1. The summed E-state index contributed by atoms with van der Waals surface area (Å²) in [5, 5.41) is 0. The first kappa shape index (κ1) is 12.6. The zero-order valence-corrected chi connectivity index (χ0v) is 15.7. The molecule has 0 bridgehead atoms. The second-order valence-electron chi connectivity index (χ2n) is 3.38. The molecule has 1 rings (SSSR count). The number of nitrogens with zero attached hydrogens (tertiary/aromatic N) is 1. The second-order valence-corrected chi connectivity index (χ2v) is 15.1. The molecule has 0 aliphatic rings. The van der Waals surface area contributed by atoms with Gasteiger partial charge in [-0.3, -0.25) is 0 Å². The number of hydrogen-bond donors (Lipinski definition) is 0. The van der Waals surface area contributed by atoms with Crippen LogP contribution in [0.1, 0.15) is 0 Å². The summed E-state index contributed by atoms with van der Waals surface area (Å²) in [6.07, 6.45) is 0. The SMILES string of the molecule is CN(C)CC(=S)[S][Hg][c]1ccccc1. The van der Waals surface area contributed by atoms with Crippen LogP contribution < -0.4 is 3.07 Å². The molecule has 0 spiro atoms. The maximum atomic E-state index is 5.31. The third-order valence-corrected chi connectivity index (χ3v) is 17.0. The molecule has 0 heterocycles. The first-order valence-electron chi connectivity index (χ1n) is 4.53. The molecule has 0 atom stereocenters. The van der Waals surface area contributed by atoms with Gasteiger partial charge in [0.15, 0.2) is 0 Å². The molecule has 72 valence electrons. The van der Waals surface area contributed by atoms with Crippen LogP contribution >= 0.6 is 20.5 Å². The predicted molar refractivity (Wildman–Crippen MR) is 64.8 cm³/mol. The molecule has 0 aliphatic heterocycles. The second kappa shape index (κ2) is 6.93. The Kier molecular flexibility index (Phi) is 6.25. The minimum absolute atomic E-state index is 0.937. The fourth-order valence-corrected chi connectivity index (χ4v) is 11.9. The molecule has 0 saturated carbocycles. The average Bonchev–Trinajstić information content (AvgIpc) is 2.15. The van der Waals surface area contributed by atoms with Crippen LogP contribution in [-0.2, 0) is 23.1 Å². The molecule has 0 saturated heterocycles. The van der Waals surface area contributed by atoms with Crippen LogP contribution in [-0.4, -0.2) is 29.7 Å². The van der Waals surface area contributed by atoms with Crippen molar-refractivity contribution in [2.75, 3.05) is 20.6 Å². The quantitative estimate of drug-likeness (QED) is 0.550. The first-order valence-corrected chi connectivity index (χ1v) is 15.4. The monoisotopic (exact) mass is 413 g/mol. The normalized spacial score (nSPS) is 9.93. The van der Waals surface area contributed by atoms with E-state index in [-0.39, 0.29) is 0 Å². The van der Waals surface area contributed by atoms with Gasteiger partial charge in [-0.25, -0.2) is 0 Å². The fourth-order valence-electron chi connectivity index (χ4n) is 1.04. The van der Waals surface area contributed by atoms with E-state index in [9.17, 15) is 0 Å². The Labute approximate surface area is 106 Å². The standard InChI is InChI=1S/C6H5.C4H9NS2.Hg/c1-2-4-6-5-3-1;1-5(2)3-4(6)7;/h1-5H;3H2,1-2H3,(H,6,7);/q;;+1/p-1. The van der Waals surface area contributed by atoms with Crippen molar-refractivity contribution in [3.8, 4) is 0 Å². The summed E-state index contributed by atoms with van der Waals surface area (Å²) < 4.78 is 2.71. The van der Waals surface area contributed by atoms with Crippen molar-refractivity contribution in [3.05, 3.63) is 30.3 Å². The van der Waals surface area contributed by atoms with Gasteiger partial charge in [-0.1, -0.05) is 0 Å². The molecule has 4 heteroatoms. The van der Waals surface area contributed by atoms with E-state index in [4.69, 9.17) is 12.2 Å². The van der Waals surface area contributed by atoms with E-state index < -0.39 is 23.1 Å². The van der Waals surface area contributed by atoms with Crippen molar-refractivity contribution in [3.63, 3.8) is 0 Å². The van der Waals surface area contributed by atoms with Gasteiger partial charge in [0.2, 0.25) is 0 Å². The van der Waals surface area contributed by atoms with Gasteiger partial charge in [0.25, 0.3) is 0 Å². The van der Waals surface area contributed by atoms with E-state index in [1.54, 1.807) is 3.07 Å². The fraction of sp³-hybridized carbons (Fsp3) is 0.300. The van der Waals surface area contributed by atoms with E-state index in [0.717, 1.165) is 10.7 Å². The van der Waals surface area contributed by atoms with Gasteiger partial charge in [0, 0.05) is 0 Å². The molecule has 0 N–H and O–H groups in total. The number of thiocarbonyl (C=S) groups is 1. The molecule has 1 aromatic rings. The van der Waals surface area contributed by atoms with Crippen molar-refractivity contribution in [1.82, 2.24) is 4.90 Å². The molecule has 1 aromatic carbocycles. The van der Waals surface area contributed by atoms with Crippen molar-refractivity contribution < 1.29 is 23.1 Å². The van der Waals surface area contributed by atoms with Crippen LogP contribution in [0.3, 0.4) is 0 Å². The van der Waals surface area contributed by atoms with Crippen LogP contribution in [0.25, 0.3) is 0 Å². The predicted octanol–water partition coefficient (Wildman–Crippen LogP) is 1.93. The molecule has 14 heavy (non-hydrogen) atoms. The Morgan fingerprint density at radius 1 is 1.36 bits per heavy atom. The molecular formula is C10H13HgNS2. The van der Waals surface area contributed by atoms with Gasteiger partial charge < -0.3 is 0 Å². The van der Waals surface area contributed by atoms with Gasteiger partial charge in [0.1, 0.15) is 0 Å². The Morgan fingerprint density at radius 3 is 2.57 bits per heavy atom. The van der Waals surface area contributed by atoms with E-state index in [1.165, 1.54) is 0 Å². The summed E-state index contributed by atoms with van der Waals surface area (Å²) in [5.41, 5.74) is 0. The summed E-state index contributed by atoms with van der Waals surface area (Å²) in [6, 6.07) is 10.8. The van der Waals surface area contributed by atoms with Crippen molar-refractivity contribution in [1.29, 1.82) is 0 Å². The molecule has 0 radical (unpaired) electrons. The molecule has 0 unspecified atom stereocenters. The van der Waals surface area contributed by atoms with E-state index >= 15 is 0 Å². The number of hydrogen-bond acceptors (Lipinski definition) is 3. The average molecular weight is 412 g/mol. The van der Waals surface area contributed by atoms with Crippen molar-refractivity contribution >= 4 is 27.7 Å². The summed E-state index contributed by atoms with van der Waals surface area (Å²) in [4.78, 5) is 2.13. The Morgan fingerprint density at radius 2 is 2.00 bits per heavy atom. The Bertz CT molecular complexity index is 287. The van der Waals surface area contributed by atoms with E-state index in [2.05, 4.69) is 49.3 Å². The zero-order valence-electron chi connectivity index (χ0n) is 8.56. The topological polar surface area (TPSA) is 3.24 Å². The first-order chi connectivity index (χ1) is 6.68. The summed E-state index contributed by atoms with van der Waals surface area (Å²) in [7, 11) is 6.09. The zero-order chi connectivity index (χ0) is 10.4. The maximum absolute atomic E-state index is 5.31. The van der Waals surface area contributed by atoms with Crippen LogP contribution in [0.4, 0.5) is 0 Å². The Balaban J connectivity index is 2.31.